The quantitative estimate of drug-likeness (QED) is 0.743. The maximum Gasteiger partial charge on any atom is 0.261 e. The van der Waals surface area contributed by atoms with Crippen LogP contribution in [0.5, 0.6) is 0 Å². The molecular weight excluding hydrogens is 334 g/mol. The smallest absolute Gasteiger partial charge is 0.261 e. The molecule has 1 aliphatic rings. The average Bonchev–Trinajstić information content (AvgIpc) is 3.31. The fraction of sp³-hybridized carbons (Fsp3) is 0.368. The van der Waals surface area contributed by atoms with Gasteiger partial charge in [-0.05, 0) is 54.4 Å². The molecule has 25 heavy (non-hydrogen) atoms. The molecule has 1 aliphatic carbocycles. The van der Waals surface area contributed by atoms with E-state index in [1.807, 2.05) is 23.6 Å². The summed E-state index contributed by atoms with van der Waals surface area (Å²) in [5.74, 6) is 0.251. The molecule has 0 aliphatic heterocycles. The lowest BCUT2D eigenvalue weighted by Gasteiger charge is -2.19. The minimum atomic E-state index is -0.0779. The Morgan fingerprint density at radius 1 is 1.12 bits per heavy atom. The molecule has 2 atom stereocenters. The molecule has 132 valence electrons. The zero-order valence-corrected chi connectivity index (χ0v) is 14.9. The molecular formula is C19H23N3O2S. The highest BCUT2D eigenvalue weighted by Gasteiger charge is 2.27. The van der Waals surface area contributed by atoms with Crippen molar-refractivity contribution in [3.63, 3.8) is 0 Å². The van der Waals surface area contributed by atoms with Gasteiger partial charge in [0.1, 0.15) is 0 Å². The van der Waals surface area contributed by atoms with E-state index in [-0.39, 0.29) is 17.9 Å². The first kappa shape index (κ1) is 17.6. The van der Waals surface area contributed by atoms with Crippen molar-refractivity contribution in [3.8, 4) is 0 Å². The number of carbonyl (C=O) groups is 2. The SMILES string of the molecule is NCC1CCCC1NC(=O)c1ccc(CNC(=O)c2cccs2)cc1. The predicted molar refractivity (Wildman–Crippen MR) is 99.6 cm³/mol. The molecule has 2 aromatic rings. The Hall–Kier alpha value is -2.18. The summed E-state index contributed by atoms with van der Waals surface area (Å²) in [5, 5.41) is 7.85. The van der Waals surface area contributed by atoms with Crippen molar-refractivity contribution in [1.29, 1.82) is 0 Å². The second-order valence-electron chi connectivity index (χ2n) is 6.36. The minimum absolute atomic E-state index is 0.0560. The van der Waals surface area contributed by atoms with Gasteiger partial charge >= 0.3 is 0 Å². The summed E-state index contributed by atoms with van der Waals surface area (Å²) >= 11 is 1.42. The number of amides is 2. The summed E-state index contributed by atoms with van der Waals surface area (Å²) in [4.78, 5) is 25.0. The summed E-state index contributed by atoms with van der Waals surface area (Å²) in [5.41, 5.74) is 7.36. The fourth-order valence-electron chi connectivity index (χ4n) is 3.21. The van der Waals surface area contributed by atoms with Gasteiger partial charge in [-0.2, -0.15) is 0 Å². The molecule has 5 nitrogen and oxygen atoms in total. The number of carbonyl (C=O) groups excluding carboxylic acids is 2. The number of nitrogens with two attached hydrogens (primary N) is 1. The van der Waals surface area contributed by atoms with E-state index in [0.717, 1.165) is 24.8 Å². The lowest BCUT2D eigenvalue weighted by atomic mass is 10.0. The molecule has 1 fully saturated rings. The van der Waals surface area contributed by atoms with Crippen LogP contribution in [0, 0.1) is 5.92 Å². The van der Waals surface area contributed by atoms with Gasteiger partial charge in [0.15, 0.2) is 0 Å². The number of benzene rings is 1. The first-order valence-electron chi connectivity index (χ1n) is 8.59. The van der Waals surface area contributed by atoms with E-state index in [9.17, 15) is 9.59 Å². The third-order valence-electron chi connectivity index (χ3n) is 4.69. The molecule has 1 heterocycles. The molecule has 0 spiro atoms. The van der Waals surface area contributed by atoms with Gasteiger partial charge in [0.25, 0.3) is 11.8 Å². The summed E-state index contributed by atoms with van der Waals surface area (Å²) in [6, 6.07) is 11.2. The summed E-state index contributed by atoms with van der Waals surface area (Å²) in [6.07, 6.45) is 3.21. The van der Waals surface area contributed by atoms with Crippen LogP contribution < -0.4 is 16.4 Å². The van der Waals surface area contributed by atoms with Crippen molar-refractivity contribution in [1.82, 2.24) is 10.6 Å². The first-order chi connectivity index (χ1) is 12.2. The zero-order valence-electron chi connectivity index (χ0n) is 14.0. The van der Waals surface area contributed by atoms with E-state index >= 15 is 0 Å². The molecule has 2 amide bonds. The van der Waals surface area contributed by atoms with Crippen LogP contribution in [0.4, 0.5) is 0 Å². The van der Waals surface area contributed by atoms with Crippen molar-refractivity contribution in [3.05, 3.63) is 57.8 Å². The lowest BCUT2D eigenvalue weighted by Crippen LogP contribution is -2.39. The first-order valence-corrected chi connectivity index (χ1v) is 9.47. The van der Waals surface area contributed by atoms with Crippen LogP contribution in [0.25, 0.3) is 0 Å². The highest BCUT2D eigenvalue weighted by atomic mass is 32.1. The number of hydrogen-bond acceptors (Lipinski definition) is 4. The Labute approximate surface area is 151 Å². The summed E-state index contributed by atoms with van der Waals surface area (Å²) in [7, 11) is 0. The standard InChI is InChI=1S/C19H23N3O2S/c20-11-15-3-1-4-16(15)22-18(23)14-8-6-13(7-9-14)12-21-19(24)17-5-2-10-25-17/h2,5-10,15-16H,1,3-4,11-12,20H2,(H,21,24)(H,22,23). The Kier molecular flexibility index (Phi) is 5.83. The van der Waals surface area contributed by atoms with Crippen LogP contribution in [-0.2, 0) is 6.54 Å². The number of hydrogen-bond donors (Lipinski definition) is 3. The van der Waals surface area contributed by atoms with E-state index in [4.69, 9.17) is 5.73 Å². The largest absolute Gasteiger partial charge is 0.349 e. The topological polar surface area (TPSA) is 84.2 Å². The highest BCUT2D eigenvalue weighted by molar-refractivity contribution is 7.12. The molecule has 6 heteroatoms. The van der Waals surface area contributed by atoms with Gasteiger partial charge in [-0.1, -0.05) is 24.6 Å². The molecule has 1 aromatic heterocycles. The van der Waals surface area contributed by atoms with Gasteiger partial charge in [-0.15, -0.1) is 11.3 Å². The van der Waals surface area contributed by atoms with Crippen molar-refractivity contribution in [2.45, 2.75) is 31.8 Å². The normalized spacial score (nSPS) is 19.6. The molecule has 1 aromatic carbocycles. The Bertz CT molecular complexity index is 713. The van der Waals surface area contributed by atoms with E-state index in [1.165, 1.54) is 11.3 Å². The maximum atomic E-state index is 12.4. The van der Waals surface area contributed by atoms with E-state index in [1.54, 1.807) is 18.2 Å². The average molecular weight is 357 g/mol. The second kappa shape index (κ2) is 8.27. The predicted octanol–water partition coefficient (Wildman–Crippen LogP) is 2.54. The van der Waals surface area contributed by atoms with Crippen LogP contribution in [-0.4, -0.2) is 24.4 Å². The van der Waals surface area contributed by atoms with Gasteiger partial charge in [-0.25, -0.2) is 0 Å². The van der Waals surface area contributed by atoms with Gasteiger partial charge in [0.05, 0.1) is 4.88 Å². The lowest BCUT2D eigenvalue weighted by molar-refractivity contribution is 0.0925. The van der Waals surface area contributed by atoms with Crippen molar-refractivity contribution >= 4 is 23.2 Å². The van der Waals surface area contributed by atoms with Gasteiger partial charge in [0.2, 0.25) is 0 Å². The second-order valence-corrected chi connectivity index (χ2v) is 7.31. The number of nitrogens with one attached hydrogen (secondary N) is 2. The van der Waals surface area contributed by atoms with Crippen molar-refractivity contribution < 1.29 is 9.59 Å². The van der Waals surface area contributed by atoms with E-state index in [0.29, 0.717) is 29.4 Å². The van der Waals surface area contributed by atoms with Crippen molar-refractivity contribution in [2.75, 3.05) is 6.54 Å². The molecule has 0 saturated heterocycles. The molecule has 4 N–H and O–H groups in total. The number of rotatable bonds is 6. The summed E-state index contributed by atoms with van der Waals surface area (Å²) in [6.45, 7) is 1.06. The third-order valence-corrected chi connectivity index (χ3v) is 5.56. The molecule has 3 rings (SSSR count). The molecule has 0 radical (unpaired) electrons. The van der Waals surface area contributed by atoms with E-state index in [2.05, 4.69) is 10.6 Å². The Morgan fingerprint density at radius 3 is 2.60 bits per heavy atom. The molecule has 2 unspecified atom stereocenters. The van der Waals surface area contributed by atoms with Crippen molar-refractivity contribution in [2.24, 2.45) is 11.7 Å². The molecule has 0 bridgehead atoms. The van der Waals surface area contributed by atoms with Crippen LogP contribution >= 0.6 is 11.3 Å². The van der Waals surface area contributed by atoms with Gasteiger partial charge in [-0.3, -0.25) is 9.59 Å². The van der Waals surface area contributed by atoms with Crippen LogP contribution in [0.2, 0.25) is 0 Å². The zero-order chi connectivity index (χ0) is 17.6. The maximum absolute atomic E-state index is 12.4. The monoisotopic (exact) mass is 357 g/mol. The highest BCUT2D eigenvalue weighted by Crippen LogP contribution is 2.24. The Morgan fingerprint density at radius 2 is 1.92 bits per heavy atom. The third kappa shape index (κ3) is 4.46. The van der Waals surface area contributed by atoms with E-state index < -0.39 is 0 Å². The Balaban J connectivity index is 1.53. The fourth-order valence-corrected chi connectivity index (χ4v) is 3.85. The van der Waals surface area contributed by atoms with Gasteiger partial charge < -0.3 is 16.4 Å². The van der Waals surface area contributed by atoms with Crippen LogP contribution in [0.3, 0.4) is 0 Å². The van der Waals surface area contributed by atoms with Gasteiger partial charge in [0, 0.05) is 18.2 Å². The number of thiophene rings is 1. The summed E-state index contributed by atoms with van der Waals surface area (Å²) < 4.78 is 0. The molecule has 1 saturated carbocycles. The van der Waals surface area contributed by atoms with Crippen LogP contribution in [0.15, 0.2) is 41.8 Å². The minimum Gasteiger partial charge on any atom is -0.349 e. The van der Waals surface area contributed by atoms with Crippen LogP contribution in [0.1, 0.15) is 44.9 Å².